The molecule has 0 spiro atoms. The lowest BCUT2D eigenvalue weighted by Gasteiger charge is -1.87. The molecular weight excluding hydrogens is 207 g/mol. The Bertz CT molecular complexity index is 239. The van der Waals surface area contributed by atoms with Gasteiger partial charge in [-0.15, -0.1) is 0 Å². The van der Waals surface area contributed by atoms with E-state index in [0.717, 1.165) is 12.2 Å². The topological polar surface area (TPSA) is 74.6 Å². The predicted molar refractivity (Wildman–Crippen MR) is 43.1 cm³/mol. The minimum Gasteiger partial charge on any atom is -0.477 e. The number of allylic oxidation sites excluding steroid dienone is 2. The largest absolute Gasteiger partial charge is 0.477 e. The molecule has 0 amide bonds. The fourth-order valence-corrected chi connectivity index (χ4v) is 0.415. The van der Waals surface area contributed by atoms with Gasteiger partial charge in [0, 0.05) is 0 Å². The lowest BCUT2D eigenvalue weighted by atomic mass is 10.4. The zero-order valence-electron chi connectivity index (χ0n) is 5.62. The second-order valence-electron chi connectivity index (χ2n) is 1.64. The first-order valence-corrected chi connectivity index (χ1v) is 3.40. The van der Waals surface area contributed by atoms with Gasteiger partial charge < -0.3 is 10.2 Å². The molecule has 2 N–H and O–H groups in total. The maximum absolute atomic E-state index is 10.1. The summed E-state index contributed by atoms with van der Waals surface area (Å²) in [5.74, 6) is -2.69. The van der Waals surface area contributed by atoms with E-state index in [1.54, 1.807) is 0 Å². The molecule has 0 saturated carbocycles. The average molecular weight is 211 g/mol. The van der Waals surface area contributed by atoms with Crippen molar-refractivity contribution >= 4 is 35.1 Å². The first-order valence-electron chi connectivity index (χ1n) is 2.64. The molecule has 0 aliphatic carbocycles. The number of carboxylic acids is 2. The summed E-state index contributed by atoms with van der Waals surface area (Å²) in [4.78, 5) is 20.1. The molecule has 0 radical (unpaired) electrons. The zero-order valence-corrected chi connectivity index (χ0v) is 7.13. The van der Waals surface area contributed by atoms with Crippen LogP contribution in [0.1, 0.15) is 0 Å². The van der Waals surface area contributed by atoms with Crippen LogP contribution in [0.15, 0.2) is 22.2 Å². The fraction of sp³-hybridized carbons (Fsp3) is 0. The van der Waals surface area contributed by atoms with Crippen LogP contribution >= 0.6 is 23.2 Å². The number of hydrogen-bond acceptors (Lipinski definition) is 2. The van der Waals surface area contributed by atoms with Gasteiger partial charge in [0.15, 0.2) is 0 Å². The van der Waals surface area contributed by atoms with Gasteiger partial charge in [0.1, 0.15) is 10.1 Å². The van der Waals surface area contributed by atoms with Gasteiger partial charge in [-0.05, 0) is 12.2 Å². The highest BCUT2D eigenvalue weighted by Crippen LogP contribution is 2.06. The molecule has 0 fully saturated rings. The van der Waals surface area contributed by atoms with E-state index >= 15 is 0 Å². The molecule has 0 heterocycles. The molecule has 12 heavy (non-hydrogen) atoms. The molecule has 0 aromatic heterocycles. The van der Waals surface area contributed by atoms with Crippen LogP contribution in [0.4, 0.5) is 0 Å². The van der Waals surface area contributed by atoms with Gasteiger partial charge in [-0.2, -0.15) is 0 Å². The highest BCUT2D eigenvalue weighted by Gasteiger charge is 2.03. The van der Waals surface area contributed by atoms with E-state index < -0.39 is 22.0 Å². The van der Waals surface area contributed by atoms with E-state index in [0.29, 0.717) is 0 Å². The van der Waals surface area contributed by atoms with E-state index in [1.165, 1.54) is 0 Å². The molecule has 0 saturated heterocycles. The summed E-state index contributed by atoms with van der Waals surface area (Å²) in [6, 6.07) is 0. The maximum Gasteiger partial charge on any atom is 0.347 e. The Kier molecular flexibility index (Phi) is 4.39. The lowest BCUT2D eigenvalue weighted by Crippen LogP contribution is -1.95. The molecule has 0 aromatic carbocycles. The van der Waals surface area contributed by atoms with Crippen LogP contribution in [0.2, 0.25) is 0 Å². The van der Waals surface area contributed by atoms with Crippen molar-refractivity contribution in [1.82, 2.24) is 0 Å². The third-order valence-electron chi connectivity index (χ3n) is 0.785. The van der Waals surface area contributed by atoms with Crippen LogP contribution in [-0.2, 0) is 9.59 Å². The van der Waals surface area contributed by atoms with Crippen LogP contribution in [0.3, 0.4) is 0 Å². The molecule has 6 heteroatoms. The third-order valence-corrected chi connectivity index (χ3v) is 1.36. The summed E-state index contributed by atoms with van der Waals surface area (Å²) in [6.07, 6.45) is 1.78. The van der Waals surface area contributed by atoms with Gasteiger partial charge >= 0.3 is 11.9 Å². The highest BCUT2D eigenvalue weighted by molar-refractivity contribution is 6.42. The minimum atomic E-state index is -1.34. The van der Waals surface area contributed by atoms with Gasteiger partial charge in [0.2, 0.25) is 0 Å². The SMILES string of the molecule is O=C(O)/C(Cl)=C\C=C(\Cl)C(=O)O. The number of carboxylic acid groups (broad SMARTS) is 2. The van der Waals surface area contributed by atoms with Crippen LogP contribution in [0.5, 0.6) is 0 Å². The molecular formula is C6H4Cl2O4. The quantitative estimate of drug-likeness (QED) is 0.546. The van der Waals surface area contributed by atoms with Crippen molar-refractivity contribution in [2.45, 2.75) is 0 Å². The number of aliphatic carboxylic acids is 2. The van der Waals surface area contributed by atoms with E-state index in [9.17, 15) is 9.59 Å². The number of carbonyl (C=O) groups is 2. The lowest BCUT2D eigenvalue weighted by molar-refractivity contribution is -0.133. The Morgan fingerprint density at radius 2 is 1.17 bits per heavy atom. The molecule has 0 aliphatic rings. The van der Waals surface area contributed by atoms with Crippen molar-refractivity contribution < 1.29 is 19.8 Å². The predicted octanol–water partition coefficient (Wildman–Crippen LogP) is 1.40. The smallest absolute Gasteiger partial charge is 0.347 e. The van der Waals surface area contributed by atoms with E-state index in [-0.39, 0.29) is 0 Å². The molecule has 4 nitrogen and oxygen atoms in total. The summed E-state index contributed by atoms with van der Waals surface area (Å²) in [5, 5.41) is 15.4. The van der Waals surface area contributed by atoms with Gasteiger partial charge in [-0.25, -0.2) is 9.59 Å². The first kappa shape index (κ1) is 11.0. The summed E-state index contributed by atoms with van der Waals surface area (Å²) < 4.78 is 0. The second-order valence-corrected chi connectivity index (χ2v) is 2.45. The molecule has 0 aromatic rings. The van der Waals surface area contributed by atoms with Crippen molar-refractivity contribution in [2.24, 2.45) is 0 Å². The summed E-state index contributed by atoms with van der Waals surface area (Å²) >= 11 is 10.3. The molecule has 0 unspecified atom stereocenters. The average Bonchev–Trinajstić information content (AvgIpc) is 1.98. The third kappa shape index (κ3) is 4.00. The first-order chi connectivity index (χ1) is 5.45. The highest BCUT2D eigenvalue weighted by atomic mass is 35.5. The number of halogens is 2. The van der Waals surface area contributed by atoms with Crippen LogP contribution in [-0.4, -0.2) is 22.2 Å². The molecule has 0 atom stereocenters. The van der Waals surface area contributed by atoms with Crippen LogP contribution < -0.4 is 0 Å². The van der Waals surface area contributed by atoms with E-state index in [2.05, 4.69) is 0 Å². The monoisotopic (exact) mass is 210 g/mol. The minimum absolute atomic E-state index is 0.505. The Morgan fingerprint density at radius 3 is 1.33 bits per heavy atom. The molecule has 66 valence electrons. The van der Waals surface area contributed by atoms with Crippen molar-refractivity contribution in [1.29, 1.82) is 0 Å². The van der Waals surface area contributed by atoms with Crippen molar-refractivity contribution in [2.75, 3.05) is 0 Å². The van der Waals surface area contributed by atoms with E-state index in [1.807, 2.05) is 0 Å². The Balaban J connectivity index is 4.48. The molecule has 0 aliphatic heterocycles. The summed E-state index contributed by atoms with van der Waals surface area (Å²) in [5.41, 5.74) is 0. The van der Waals surface area contributed by atoms with Gasteiger partial charge in [-0.3, -0.25) is 0 Å². The number of hydrogen-bond donors (Lipinski definition) is 2. The van der Waals surface area contributed by atoms with Crippen molar-refractivity contribution in [3.8, 4) is 0 Å². The second kappa shape index (κ2) is 4.79. The van der Waals surface area contributed by atoms with E-state index in [4.69, 9.17) is 33.4 Å². The maximum atomic E-state index is 10.1. The van der Waals surface area contributed by atoms with Crippen molar-refractivity contribution in [3.05, 3.63) is 22.2 Å². The summed E-state index contributed by atoms with van der Waals surface area (Å²) in [7, 11) is 0. The van der Waals surface area contributed by atoms with Gasteiger partial charge in [-0.1, -0.05) is 23.2 Å². The zero-order chi connectivity index (χ0) is 9.72. The normalized spacial score (nSPS) is 12.8. The Morgan fingerprint density at radius 1 is 0.917 bits per heavy atom. The standard InChI is InChI=1S/C6H4Cl2O4/c7-3(5(9)10)1-2-4(8)6(11)12/h1-2H,(H,9,10)(H,11,12)/b3-1+,4-2+. The Labute approximate surface area is 77.7 Å². The molecule has 0 bridgehead atoms. The van der Waals surface area contributed by atoms with Crippen LogP contribution in [0, 0.1) is 0 Å². The fourth-order valence-electron chi connectivity index (χ4n) is 0.289. The number of rotatable bonds is 3. The van der Waals surface area contributed by atoms with Crippen molar-refractivity contribution in [3.63, 3.8) is 0 Å². The van der Waals surface area contributed by atoms with Gasteiger partial charge in [0.25, 0.3) is 0 Å². The summed E-state index contributed by atoms with van der Waals surface area (Å²) in [6.45, 7) is 0. The van der Waals surface area contributed by atoms with Gasteiger partial charge in [0.05, 0.1) is 0 Å². The Hall–Kier alpha value is -1.00. The van der Waals surface area contributed by atoms with Crippen LogP contribution in [0.25, 0.3) is 0 Å². The molecule has 0 rings (SSSR count).